The van der Waals surface area contributed by atoms with Crippen LogP contribution in [0.1, 0.15) is 5.69 Å². The highest BCUT2D eigenvalue weighted by molar-refractivity contribution is 7.07. The maximum atomic E-state index is 13.8. The second kappa shape index (κ2) is 8.13. The van der Waals surface area contributed by atoms with Crippen LogP contribution in [0.15, 0.2) is 52.8 Å². The van der Waals surface area contributed by atoms with Gasteiger partial charge in [0.15, 0.2) is 4.80 Å². The minimum Gasteiger partial charge on any atom is -0.497 e. The number of carbonyl (C=O) groups excluding carboxylic acids is 1. The summed E-state index contributed by atoms with van der Waals surface area (Å²) in [6, 6.07) is 10.1. The number of ether oxygens (including phenoxy) is 1. The van der Waals surface area contributed by atoms with Crippen molar-refractivity contribution in [2.75, 3.05) is 12.4 Å². The van der Waals surface area contributed by atoms with Gasteiger partial charge in [0, 0.05) is 29.9 Å². The van der Waals surface area contributed by atoms with E-state index in [9.17, 15) is 13.6 Å². The SMILES string of the molecule is COc1ccc(NC(=O)Cc2csc(=Nc3cc(F)ccc3F)n2C)cc1. The van der Waals surface area contributed by atoms with Crippen LogP contribution in [0, 0.1) is 11.6 Å². The Morgan fingerprint density at radius 2 is 1.96 bits per heavy atom. The van der Waals surface area contributed by atoms with E-state index in [0.717, 1.165) is 18.2 Å². The largest absolute Gasteiger partial charge is 0.497 e. The number of nitrogens with zero attached hydrogens (tertiary/aromatic N) is 2. The number of thiazole rings is 1. The Balaban J connectivity index is 1.75. The topological polar surface area (TPSA) is 55.6 Å². The lowest BCUT2D eigenvalue weighted by Crippen LogP contribution is -2.19. The summed E-state index contributed by atoms with van der Waals surface area (Å²) in [5, 5.41) is 4.57. The Labute approximate surface area is 158 Å². The molecule has 3 aromatic rings. The van der Waals surface area contributed by atoms with Crippen molar-refractivity contribution >= 4 is 28.6 Å². The van der Waals surface area contributed by atoms with E-state index in [2.05, 4.69) is 10.3 Å². The standard InChI is InChI=1S/C19H17F2N3O2S/c1-24-14(10-18(25)22-13-4-6-15(26-2)7-5-13)11-27-19(24)23-17-9-12(20)3-8-16(17)21/h3-9,11H,10H2,1-2H3,(H,22,25). The van der Waals surface area contributed by atoms with Crippen molar-refractivity contribution < 1.29 is 18.3 Å². The summed E-state index contributed by atoms with van der Waals surface area (Å²) in [7, 11) is 3.30. The van der Waals surface area contributed by atoms with Gasteiger partial charge in [0.05, 0.1) is 13.5 Å². The zero-order chi connectivity index (χ0) is 19.4. The van der Waals surface area contributed by atoms with Crippen LogP contribution in [0.2, 0.25) is 0 Å². The van der Waals surface area contributed by atoms with E-state index in [1.165, 1.54) is 11.3 Å². The highest BCUT2D eigenvalue weighted by Crippen LogP contribution is 2.19. The molecule has 0 radical (unpaired) electrons. The molecule has 3 rings (SSSR count). The number of amides is 1. The lowest BCUT2D eigenvalue weighted by Gasteiger charge is -2.07. The smallest absolute Gasteiger partial charge is 0.230 e. The van der Waals surface area contributed by atoms with E-state index < -0.39 is 11.6 Å². The van der Waals surface area contributed by atoms with Crippen molar-refractivity contribution in [3.63, 3.8) is 0 Å². The molecule has 0 atom stereocenters. The third-order valence-electron chi connectivity index (χ3n) is 3.86. The van der Waals surface area contributed by atoms with Crippen LogP contribution < -0.4 is 14.9 Å². The van der Waals surface area contributed by atoms with E-state index in [-0.39, 0.29) is 18.0 Å². The minimum atomic E-state index is -0.608. The molecule has 8 heteroatoms. The molecule has 2 aromatic carbocycles. The summed E-state index contributed by atoms with van der Waals surface area (Å²) >= 11 is 1.25. The molecule has 0 saturated carbocycles. The zero-order valence-electron chi connectivity index (χ0n) is 14.7. The Bertz CT molecular complexity index is 1030. The summed E-state index contributed by atoms with van der Waals surface area (Å²) in [5.41, 5.74) is 1.29. The van der Waals surface area contributed by atoms with Gasteiger partial charge in [-0.1, -0.05) is 0 Å². The minimum absolute atomic E-state index is 0.0818. The van der Waals surface area contributed by atoms with Gasteiger partial charge in [0.1, 0.15) is 23.1 Å². The molecule has 5 nitrogen and oxygen atoms in total. The second-order valence-electron chi connectivity index (χ2n) is 5.73. The zero-order valence-corrected chi connectivity index (χ0v) is 15.5. The van der Waals surface area contributed by atoms with Crippen molar-refractivity contribution in [3.05, 3.63) is 70.0 Å². The number of rotatable bonds is 5. The monoisotopic (exact) mass is 389 g/mol. The summed E-state index contributed by atoms with van der Waals surface area (Å²) in [6.07, 6.45) is 0.125. The maximum Gasteiger partial charge on any atom is 0.230 e. The molecule has 27 heavy (non-hydrogen) atoms. The molecule has 0 bridgehead atoms. The molecule has 1 N–H and O–H groups in total. The number of hydrogen-bond donors (Lipinski definition) is 1. The second-order valence-corrected chi connectivity index (χ2v) is 6.57. The summed E-state index contributed by atoms with van der Waals surface area (Å²) in [6.45, 7) is 0. The summed E-state index contributed by atoms with van der Waals surface area (Å²) in [5.74, 6) is -0.665. The molecule has 1 amide bonds. The van der Waals surface area contributed by atoms with Crippen LogP contribution in [0.25, 0.3) is 0 Å². The lowest BCUT2D eigenvalue weighted by atomic mass is 10.2. The fraction of sp³-hybridized carbons (Fsp3) is 0.158. The first-order valence-electron chi connectivity index (χ1n) is 8.03. The average Bonchev–Trinajstić information content (AvgIpc) is 2.98. The molecular weight excluding hydrogens is 372 g/mol. The van der Waals surface area contributed by atoms with Crippen molar-refractivity contribution in [3.8, 4) is 5.75 Å². The Morgan fingerprint density at radius 3 is 2.67 bits per heavy atom. The van der Waals surface area contributed by atoms with E-state index >= 15 is 0 Å². The maximum absolute atomic E-state index is 13.8. The molecule has 0 saturated heterocycles. The van der Waals surface area contributed by atoms with E-state index in [1.807, 2.05) is 0 Å². The number of aromatic nitrogens is 1. The Morgan fingerprint density at radius 1 is 1.22 bits per heavy atom. The van der Waals surface area contributed by atoms with E-state index in [4.69, 9.17) is 4.74 Å². The van der Waals surface area contributed by atoms with Crippen molar-refractivity contribution in [1.82, 2.24) is 4.57 Å². The highest BCUT2D eigenvalue weighted by Gasteiger charge is 2.10. The summed E-state index contributed by atoms with van der Waals surface area (Å²) in [4.78, 5) is 16.9. The first kappa shape index (κ1) is 18.8. The van der Waals surface area contributed by atoms with Gasteiger partial charge in [-0.15, -0.1) is 11.3 Å². The molecule has 0 spiro atoms. The van der Waals surface area contributed by atoms with Crippen molar-refractivity contribution in [1.29, 1.82) is 0 Å². The van der Waals surface area contributed by atoms with Crippen molar-refractivity contribution in [2.45, 2.75) is 6.42 Å². The third kappa shape index (κ3) is 4.59. The highest BCUT2D eigenvalue weighted by atomic mass is 32.1. The van der Waals surface area contributed by atoms with Crippen LogP contribution in [0.5, 0.6) is 5.75 Å². The van der Waals surface area contributed by atoms with Gasteiger partial charge < -0.3 is 14.6 Å². The molecule has 0 fully saturated rings. The van der Waals surface area contributed by atoms with Gasteiger partial charge in [-0.3, -0.25) is 4.79 Å². The molecule has 0 aliphatic rings. The number of halogens is 2. The molecule has 0 aliphatic carbocycles. The fourth-order valence-corrected chi connectivity index (χ4v) is 3.29. The number of carbonyl (C=O) groups is 1. The molecular formula is C19H17F2N3O2S. The normalized spacial score (nSPS) is 11.5. The third-order valence-corrected chi connectivity index (χ3v) is 4.82. The number of benzene rings is 2. The number of hydrogen-bond acceptors (Lipinski definition) is 4. The van der Waals surface area contributed by atoms with Gasteiger partial charge in [-0.2, -0.15) is 0 Å². The van der Waals surface area contributed by atoms with Crippen LogP contribution in [-0.2, 0) is 18.3 Å². The first-order chi connectivity index (χ1) is 13.0. The predicted octanol–water partition coefficient (Wildman–Crippen LogP) is 3.79. The number of nitrogens with one attached hydrogen (secondary N) is 1. The first-order valence-corrected chi connectivity index (χ1v) is 8.91. The van der Waals surface area contributed by atoms with Crippen LogP contribution in [-0.4, -0.2) is 17.6 Å². The van der Waals surface area contributed by atoms with Gasteiger partial charge >= 0.3 is 0 Å². The quantitative estimate of drug-likeness (QED) is 0.722. The molecule has 1 heterocycles. The van der Waals surface area contributed by atoms with Crippen LogP contribution >= 0.6 is 11.3 Å². The Kier molecular flexibility index (Phi) is 5.66. The fourth-order valence-electron chi connectivity index (χ4n) is 2.38. The average molecular weight is 389 g/mol. The predicted molar refractivity (Wildman–Crippen MR) is 100 cm³/mol. The Hall–Kier alpha value is -3.00. The van der Waals surface area contributed by atoms with Crippen molar-refractivity contribution in [2.24, 2.45) is 12.0 Å². The van der Waals surface area contributed by atoms with Gasteiger partial charge in [-0.05, 0) is 36.4 Å². The summed E-state index contributed by atoms with van der Waals surface area (Å²) < 4.78 is 33.8. The number of methoxy groups -OCH3 is 1. The van der Waals surface area contributed by atoms with Crippen LogP contribution in [0.3, 0.4) is 0 Å². The lowest BCUT2D eigenvalue weighted by molar-refractivity contribution is -0.115. The molecule has 1 aromatic heterocycles. The molecule has 140 valence electrons. The van der Waals surface area contributed by atoms with Crippen LogP contribution in [0.4, 0.5) is 20.2 Å². The van der Waals surface area contributed by atoms with E-state index in [1.54, 1.807) is 48.4 Å². The van der Waals surface area contributed by atoms with E-state index in [0.29, 0.717) is 21.9 Å². The molecule has 0 unspecified atom stereocenters. The van der Waals surface area contributed by atoms with Gasteiger partial charge in [0.25, 0.3) is 0 Å². The van der Waals surface area contributed by atoms with Gasteiger partial charge in [-0.25, -0.2) is 13.8 Å². The molecule has 0 aliphatic heterocycles. The number of anilines is 1. The van der Waals surface area contributed by atoms with Gasteiger partial charge in [0.2, 0.25) is 5.91 Å².